The molecular formula is C30H33N5O4. The fraction of sp³-hybridized carbons (Fsp3) is 0.300. The Morgan fingerprint density at radius 2 is 1.56 bits per heavy atom. The molecule has 1 aliphatic rings. The van der Waals surface area contributed by atoms with Crippen molar-refractivity contribution >= 4 is 34.4 Å². The average molecular weight is 528 g/mol. The minimum absolute atomic E-state index is 0.260. The zero-order valence-electron chi connectivity index (χ0n) is 22.7. The second-order valence-corrected chi connectivity index (χ2v) is 10.6. The molecule has 2 heterocycles. The van der Waals surface area contributed by atoms with Crippen molar-refractivity contribution in [3.05, 3.63) is 78.4 Å². The molecule has 1 saturated heterocycles. The van der Waals surface area contributed by atoms with Crippen LogP contribution in [0.15, 0.2) is 72.8 Å². The molecule has 1 fully saturated rings. The van der Waals surface area contributed by atoms with Crippen LogP contribution >= 0.6 is 0 Å². The fourth-order valence-corrected chi connectivity index (χ4v) is 4.39. The summed E-state index contributed by atoms with van der Waals surface area (Å²) in [6.07, 6.45) is -0.651. The van der Waals surface area contributed by atoms with Crippen LogP contribution < -0.4 is 15.0 Å². The van der Waals surface area contributed by atoms with Gasteiger partial charge in [0.1, 0.15) is 17.1 Å². The molecule has 0 aliphatic carbocycles. The minimum atomic E-state index is -0.720. The van der Waals surface area contributed by atoms with Gasteiger partial charge in [0.25, 0.3) is 5.91 Å². The maximum atomic E-state index is 13.2. The van der Waals surface area contributed by atoms with Gasteiger partial charge in [-0.15, -0.1) is 5.10 Å². The van der Waals surface area contributed by atoms with E-state index in [0.717, 1.165) is 36.5 Å². The molecule has 1 aliphatic heterocycles. The van der Waals surface area contributed by atoms with Crippen LogP contribution in [0.25, 0.3) is 10.9 Å². The lowest BCUT2D eigenvalue weighted by Gasteiger charge is -2.34. The predicted molar refractivity (Wildman–Crippen MR) is 152 cm³/mol. The van der Waals surface area contributed by atoms with E-state index in [0.29, 0.717) is 28.0 Å². The van der Waals surface area contributed by atoms with Gasteiger partial charge in [-0.3, -0.25) is 4.79 Å². The second-order valence-electron chi connectivity index (χ2n) is 10.6. The van der Waals surface area contributed by atoms with Crippen molar-refractivity contribution in [2.45, 2.75) is 26.4 Å². The number of piperazine rings is 1. The van der Waals surface area contributed by atoms with Gasteiger partial charge in [-0.1, -0.05) is 18.2 Å². The smallest absolute Gasteiger partial charge is 0.435 e. The molecule has 9 nitrogen and oxygen atoms in total. The molecule has 0 spiro atoms. The third-order valence-electron chi connectivity index (χ3n) is 6.43. The number of fused-ring (bicyclic) bond motifs is 1. The SMILES string of the molecule is CN1CCN(c2ccc(C(=O)Nc3nn(C(=O)OC(C)(C)C)c4cc(Oc5ccccc5)ccc34)cc2)CC1. The van der Waals surface area contributed by atoms with Gasteiger partial charge in [0.2, 0.25) is 0 Å². The van der Waals surface area contributed by atoms with Crippen molar-refractivity contribution in [3.8, 4) is 11.5 Å². The number of anilines is 2. The Labute approximate surface area is 227 Å². The Bertz CT molecular complexity index is 1470. The molecule has 3 aromatic carbocycles. The number of amides is 1. The fourth-order valence-electron chi connectivity index (χ4n) is 4.39. The van der Waals surface area contributed by atoms with Crippen molar-refractivity contribution in [3.63, 3.8) is 0 Å². The van der Waals surface area contributed by atoms with E-state index in [9.17, 15) is 9.59 Å². The number of carbonyl (C=O) groups is 2. The number of benzene rings is 3. The Kier molecular flexibility index (Phi) is 7.26. The number of carbonyl (C=O) groups excluding carboxylic acids is 2. The zero-order chi connectivity index (χ0) is 27.6. The molecule has 0 atom stereocenters. The Morgan fingerprint density at radius 3 is 2.23 bits per heavy atom. The number of nitrogens with zero attached hydrogens (tertiary/aromatic N) is 4. The summed E-state index contributed by atoms with van der Waals surface area (Å²) in [7, 11) is 2.12. The standard InChI is InChI=1S/C30H33N5O4/c1-30(2,3)39-29(37)35-26-20-24(38-23-8-6-5-7-9-23)14-15-25(26)27(32-35)31-28(36)21-10-12-22(13-11-21)34-18-16-33(4)17-19-34/h5-15,20H,16-19H2,1-4H3,(H,31,32,36). The lowest BCUT2D eigenvalue weighted by Crippen LogP contribution is -2.44. The van der Waals surface area contributed by atoms with Crippen LogP contribution in [-0.2, 0) is 4.74 Å². The molecule has 0 saturated carbocycles. The van der Waals surface area contributed by atoms with Gasteiger partial charge in [-0.2, -0.15) is 4.68 Å². The lowest BCUT2D eigenvalue weighted by atomic mass is 10.1. The molecule has 4 aromatic rings. The highest BCUT2D eigenvalue weighted by atomic mass is 16.6. The summed E-state index contributed by atoms with van der Waals surface area (Å²) < 4.78 is 12.7. The third kappa shape index (κ3) is 6.21. The van der Waals surface area contributed by atoms with Crippen LogP contribution in [0.5, 0.6) is 11.5 Å². The molecule has 39 heavy (non-hydrogen) atoms. The van der Waals surface area contributed by atoms with Crippen molar-refractivity contribution in [2.75, 3.05) is 43.4 Å². The molecule has 1 amide bonds. The molecule has 0 bridgehead atoms. The Hall–Kier alpha value is -4.37. The first kappa shape index (κ1) is 26.2. The Morgan fingerprint density at radius 1 is 0.872 bits per heavy atom. The summed E-state index contributed by atoms with van der Waals surface area (Å²) in [5.74, 6) is 1.13. The van der Waals surface area contributed by atoms with Crippen LogP contribution in [-0.4, -0.2) is 65.5 Å². The molecule has 9 heteroatoms. The Balaban J connectivity index is 1.41. The number of hydrogen-bond donors (Lipinski definition) is 1. The van der Waals surface area contributed by atoms with Gasteiger partial charge in [-0.25, -0.2) is 4.79 Å². The van der Waals surface area contributed by atoms with Crippen LogP contribution in [0, 0.1) is 0 Å². The first-order chi connectivity index (χ1) is 18.7. The normalized spacial score (nSPS) is 14.3. The molecule has 1 N–H and O–H groups in total. The summed E-state index contributed by atoms with van der Waals surface area (Å²) in [6, 6.07) is 22.1. The van der Waals surface area contributed by atoms with E-state index in [4.69, 9.17) is 9.47 Å². The first-order valence-corrected chi connectivity index (χ1v) is 13.0. The number of rotatable bonds is 5. The van der Waals surface area contributed by atoms with Crippen molar-refractivity contribution in [2.24, 2.45) is 0 Å². The summed E-state index contributed by atoms with van der Waals surface area (Å²) >= 11 is 0. The van der Waals surface area contributed by atoms with Gasteiger partial charge >= 0.3 is 6.09 Å². The summed E-state index contributed by atoms with van der Waals surface area (Å²) in [5, 5.41) is 7.89. The maximum absolute atomic E-state index is 13.2. The molecule has 202 valence electrons. The quantitative estimate of drug-likeness (QED) is 0.361. The summed E-state index contributed by atoms with van der Waals surface area (Å²) in [5.41, 5.74) is 1.32. The molecule has 0 radical (unpaired) electrons. The van der Waals surface area contributed by atoms with Crippen molar-refractivity contribution in [1.29, 1.82) is 0 Å². The van der Waals surface area contributed by atoms with Crippen LogP contribution in [0.4, 0.5) is 16.3 Å². The maximum Gasteiger partial charge on any atom is 0.435 e. The summed E-state index contributed by atoms with van der Waals surface area (Å²) in [4.78, 5) is 30.8. The molecule has 1 aromatic heterocycles. The van der Waals surface area contributed by atoms with Crippen LogP contribution in [0.2, 0.25) is 0 Å². The predicted octanol–water partition coefficient (Wildman–Crippen LogP) is 5.62. The average Bonchev–Trinajstić information content (AvgIpc) is 3.26. The highest BCUT2D eigenvalue weighted by Gasteiger charge is 2.24. The second kappa shape index (κ2) is 10.8. The number of hydrogen-bond acceptors (Lipinski definition) is 7. The zero-order valence-corrected chi connectivity index (χ0v) is 22.7. The van der Waals surface area contributed by atoms with E-state index in [-0.39, 0.29) is 11.7 Å². The number of likely N-dealkylation sites (N-methyl/N-ethyl adjacent to an activating group) is 1. The van der Waals surface area contributed by atoms with E-state index in [1.54, 1.807) is 39.0 Å². The first-order valence-electron chi connectivity index (χ1n) is 13.0. The van der Waals surface area contributed by atoms with Crippen LogP contribution in [0.1, 0.15) is 31.1 Å². The van der Waals surface area contributed by atoms with E-state index in [1.807, 2.05) is 54.6 Å². The summed E-state index contributed by atoms with van der Waals surface area (Å²) in [6.45, 7) is 9.28. The van der Waals surface area contributed by atoms with Gasteiger partial charge < -0.3 is 24.6 Å². The third-order valence-corrected chi connectivity index (χ3v) is 6.43. The number of para-hydroxylation sites is 1. The van der Waals surface area contributed by atoms with Crippen molar-refractivity contribution < 1.29 is 19.1 Å². The van der Waals surface area contributed by atoms with E-state index >= 15 is 0 Å². The number of nitrogens with one attached hydrogen (secondary N) is 1. The number of ether oxygens (including phenoxy) is 2. The van der Waals surface area contributed by atoms with Crippen molar-refractivity contribution in [1.82, 2.24) is 14.7 Å². The molecular weight excluding hydrogens is 494 g/mol. The largest absolute Gasteiger partial charge is 0.457 e. The van der Waals surface area contributed by atoms with Gasteiger partial charge in [0, 0.05) is 48.9 Å². The van der Waals surface area contributed by atoms with Gasteiger partial charge in [0.15, 0.2) is 5.82 Å². The van der Waals surface area contributed by atoms with E-state index < -0.39 is 11.7 Å². The molecule has 0 unspecified atom stereocenters. The number of aromatic nitrogens is 2. The van der Waals surface area contributed by atoms with E-state index in [1.165, 1.54) is 0 Å². The highest BCUT2D eigenvalue weighted by molar-refractivity contribution is 6.09. The van der Waals surface area contributed by atoms with Gasteiger partial charge in [0.05, 0.1) is 5.52 Å². The minimum Gasteiger partial charge on any atom is -0.457 e. The molecule has 5 rings (SSSR count). The van der Waals surface area contributed by atoms with E-state index in [2.05, 4.69) is 27.3 Å². The van der Waals surface area contributed by atoms with Crippen LogP contribution in [0.3, 0.4) is 0 Å². The highest BCUT2D eigenvalue weighted by Crippen LogP contribution is 2.30. The topological polar surface area (TPSA) is 88.9 Å². The lowest BCUT2D eigenvalue weighted by molar-refractivity contribution is 0.0522. The monoisotopic (exact) mass is 527 g/mol. The van der Waals surface area contributed by atoms with Gasteiger partial charge in [-0.05, 0) is 76.3 Å².